The van der Waals surface area contributed by atoms with Crippen molar-refractivity contribution in [2.45, 2.75) is 6.54 Å². The molecule has 1 aromatic heterocycles. The van der Waals surface area contributed by atoms with Crippen LogP contribution in [-0.2, 0) is 6.54 Å². The average molecular weight is 322 g/mol. The van der Waals surface area contributed by atoms with Gasteiger partial charge in [-0.1, -0.05) is 12.1 Å². The third kappa shape index (κ3) is 3.43. The lowest BCUT2D eigenvalue weighted by Crippen LogP contribution is -2.26. The summed E-state index contributed by atoms with van der Waals surface area (Å²) in [7, 11) is 3.42. The predicted molar refractivity (Wildman–Crippen MR) is 90.2 cm³/mol. The summed E-state index contributed by atoms with van der Waals surface area (Å²) in [6.45, 7) is 0.535. The second kappa shape index (κ2) is 6.95. The molecule has 0 radical (unpaired) electrons. The van der Waals surface area contributed by atoms with Crippen molar-refractivity contribution in [3.8, 4) is 11.4 Å². The van der Waals surface area contributed by atoms with Gasteiger partial charge in [-0.15, -0.1) is 0 Å². The van der Waals surface area contributed by atoms with E-state index in [2.05, 4.69) is 10.1 Å². The van der Waals surface area contributed by atoms with Gasteiger partial charge in [-0.05, 0) is 42.0 Å². The Balaban J connectivity index is 1.68. The highest BCUT2D eigenvalue weighted by atomic mass is 16.5. The van der Waals surface area contributed by atoms with Crippen molar-refractivity contribution in [3.05, 3.63) is 72.3 Å². The summed E-state index contributed by atoms with van der Waals surface area (Å²) in [5.41, 5.74) is 2.54. The summed E-state index contributed by atoms with van der Waals surface area (Å²) in [5, 5.41) is 4.07. The fourth-order valence-corrected chi connectivity index (χ4v) is 2.40. The summed E-state index contributed by atoms with van der Waals surface area (Å²) in [6, 6.07) is 15.0. The lowest BCUT2D eigenvalue weighted by atomic mass is 10.1. The van der Waals surface area contributed by atoms with Gasteiger partial charge in [0.2, 0.25) is 0 Å². The molecule has 24 heavy (non-hydrogen) atoms. The fraction of sp³-hybridized carbons (Fsp3) is 0.167. The van der Waals surface area contributed by atoms with Crippen LogP contribution in [0, 0.1) is 0 Å². The van der Waals surface area contributed by atoms with Gasteiger partial charge in [0.25, 0.3) is 5.91 Å². The SMILES string of the molecule is COc1ccc(CN(C)C(=O)c2ccc(-n3cncn3)cc2)cc1. The zero-order chi connectivity index (χ0) is 16.9. The van der Waals surface area contributed by atoms with E-state index in [9.17, 15) is 4.79 Å². The van der Waals surface area contributed by atoms with Gasteiger partial charge in [0.1, 0.15) is 18.4 Å². The Morgan fingerprint density at radius 1 is 1.12 bits per heavy atom. The Morgan fingerprint density at radius 3 is 2.42 bits per heavy atom. The predicted octanol–water partition coefficient (Wildman–Crippen LogP) is 2.55. The van der Waals surface area contributed by atoms with Crippen molar-refractivity contribution >= 4 is 5.91 Å². The van der Waals surface area contributed by atoms with E-state index in [4.69, 9.17) is 4.74 Å². The third-order valence-corrected chi connectivity index (χ3v) is 3.72. The first-order chi connectivity index (χ1) is 11.7. The highest BCUT2D eigenvalue weighted by Gasteiger charge is 2.12. The van der Waals surface area contributed by atoms with Crippen molar-refractivity contribution in [3.63, 3.8) is 0 Å². The summed E-state index contributed by atoms with van der Waals surface area (Å²) in [6.07, 6.45) is 3.09. The highest BCUT2D eigenvalue weighted by Crippen LogP contribution is 2.15. The first-order valence-electron chi connectivity index (χ1n) is 7.51. The van der Waals surface area contributed by atoms with Crippen LogP contribution in [0.2, 0.25) is 0 Å². The van der Waals surface area contributed by atoms with Crippen LogP contribution >= 0.6 is 0 Å². The number of nitrogens with zero attached hydrogens (tertiary/aromatic N) is 4. The molecule has 1 amide bonds. The van der Waals surface area contributed by atoms with Gasteiger partial charge in [0, 0.05) is 19.2 Å². The minimum absolute atomic E-state index is 0.0315. The highest BCUT2D eigenvalue weighted by molar-refractivity contribution is 5.94. The molecular weight excluding hydrogens is 304 g/mol. The molecule has 0 saturated carbocycles. The van der Waals surface area contributed by atoms with E-state index < -0.39 is 0 Å². The van der Waals surface area contributed by atoms with E-state index in [0.717, 1.165) is 17.0 Å². The van der Waals surface area contributed by atoms with E-state index in [-0.39, 0.29) is 5.91 Å². The van der Waals surface area contributed by atoms with Gasteiger partial charge in [-0.25, -0.2) is 9.67 Å². The van der Waals surface area contributed by atoms with Crippen LogP contribution < -0.4 is 4.74 Å². The van der Waals surface area contributed by atoms with Crippen molar-refractivity contribution in [1.29, 1.82) is 0 Å². The van der Waals surface area contributed by atoms with Gasteiger partial charge in [-0.2, -0.15) is 5.10 Å². The molecule has 0 atom stereocenters. The van der Waals surface area contributed by atoms with Crippen molar-refractivity contribution in [2.75, 3.05) is 14.2 Å². The van der Waals surface area contributed by atoms with Crippen LogP contribution in [0.5, 0.6) is 5.75 Å². The minimum atomic E-state index is -0.0315. The smallest absolute Gasteiger partial charge is 0.253 e. The van der Waals surface area contributed by atoms with Crippen molar-refractivity contribution < 1.29 is 9.53 Å². The first kappa shape index (κ1) is 15.7. The Bertz CT molecular complexity index is 796. The van der Waals surface area contributed by atoms with Crippen LogP contribution in [-0.4, -0.2) is 39.7 Å². The summed E-state index contributed by atoms with van der Waals surface area (Å²) in [4.78, 5) is 18.1. The summed E-state index contributed by atoms with van der Waals surface area (Å²) >= 11 is 0. The number of rotatable bonds is 5. The molecule has 3 aromatic rings. The topological polar surface area (TPSA) is 60.2 Å². The molecule has 0 aliphatic rings. The van der Waals surface area contributed by atoms with E-state index in [1.807, 2.05) is 36.4 Å². The molecule has 0 N–H and O–H groups in total. The number of hydrogen-bond donors (Lipinski definition) is 0. The van der Waals surface area contributed by atoms with E-state index in [0.29, 0.717) is 12.1 Å². The molecule has 6 heteroatoms. The van der Waals surface area contributed by atoms with Crippen molar-refractivity contribution in [2.24, 2.45) is 0 Å². The van der Waals surface area contributed by atoms with Gasteiger partial charge in [-0.3, -0.25) is 4.79 Å². The van der Waals surface area contributed by atoms with Gasteiger partial charge >= 0.3 is 0 Å². The quantitative estimate of drug-likeness (QED) is 0.724. The number of ether oxygens (including phenoxy) is 1. The summed E-state index contributed by atoms with van der Waals surface area (Å²) in [5.74, 6) is 0.771. The Kier molecular flexibility index (Phi) is 4.56. The molecule has 0 unspecified atom stereocenters. The van der Waals surface area contributed by atoms with Crippen LogP contribution in [0.25, 0.3) is 5.69 Å². The second-order valence-electron chi connectivity index (χ2n) is 5.40. The number of methoxy groups -OCH3 is 1. The van der Waals surface area contributed by atoms with Crippen molar-refractivity contribution in [1.82, 2.24) is 19.7 Å². The molecule has 3 rings (SSSR count). The van der Waals surface area contributed by atoms with E-state index in [1.165, 1.54) is 6.33 Å². The fourth-order valence-electron chi connectivity index (χ4n) is 2.40. The maximum atomic E-state index is 12.5. The number of carbonyl (C=O) groups excluding carboxylic acids is 1. The number of aromatic nitrogens is 3. The molecule has 0 bridgehead atoms. The number of hydrogen-bond acceptors (Lipinski definition) is 4. The van der Waals surface area contributed by atoms with Gasteiger partial charge in [0.15, 0.2) is 0 Å². The van der Waals surface area contributed by atoms with Crippen LogP contribution in [0.3, 0.4) is 0 Å². The zero-order valence-electron chi connectivity index (χ0n) is 13.6. The number of amides is 1. The monoisotopic (exact) mass is 322 g/mol. The maximum absolute atomic E-state index is 12.5. The summed E-state index contributed by atoms with van der Waals surface area (Å²) < 4.78 is 6.79. The average Bonchev–Trinajstić information content (AvgIpc) is 3.16. The van der Waals surface area contributed by atoms with E-state index >= 15 is 0 Å². The molecule has 0 spiro atoms. The molecule has 0 fully saturated rings. The minimum Gasteiger partial charge on any atom is -0.497 e. The number of carbonyl (C=O) groups is 1. The molecule has 1 heterocycles. The molecule has 0 saturated heterocycles. The maximum Gasteiger partial charge on any atom is 0.253 e. The van der Waals surface area contributed by atoms with Crippen LogP contribution in [0.4, 0.5) is 0 Å². The molecule has 2 aromatic carbocycles. The normalized spacial score (nSPS) is 10.4. The van der Waals surface area contributed by atoms with Crippen LogP contribution in [0.1, 0.15) is 15.9 Å². The third-order valence-electron chi connectivity index (χ3n) is 3.72. The number of benzene rings is 2. The Labute approximate surface area is 140 Å². The van der Waals surface area contributed by atoms with E-state index in [1.54, 1.807) is 42.2 Å². The standard InChI is InChI=1S/C18H18N4O2/c1-21(11-14-3-9-17(24-2)10-4-14)18(23)15-5-7-16(8-6-15)22-13-19-12-20-22/h3-10,12-13H,11H2,1-2H3. The molecular formula is C18H18N4O2. The lowest BCUT2D eigenvalue weighted by molar-refractivity contribution is 0.0785. The Morgan fingerprint density at radius 2 is 1.83 bits per heavy atom. The zero-order valence-corrected chi connectivity index (χ0v) is 13.6. The molecule has 6 nitrogen and oxygen atoms in total. The molecule has 0 aliphatic heterocycles. The Hall–Kier alpha value is -3.15. The van der Waals surface area contributed by atoms with Gasteiger partial charge < -0.3 is 9.64 Å². The second-order valence-corrected chi connectivity index (χ2v) is 5.40. The lowest BCUT2D eigenvalue weighted by Gasteiger charge is -2.17. The van der Waals surface area contributed by atoms with Gasteiger partial charge in [0.05, 0.1) is 12.8 Å². The van der Waals surface area contributed by atoms with Crippen LogP contribution in [0.15, 0.2) is 61.2 Å². The molecule has 122 valence electrons. The largest absolute Gasteiger partial charge is 0.497 e. The first-order valence-corrected chi connectivity index (χ1v) is 7.51. The molecule has 0 aliphatic carbocycles.